The van der Waals surface area contributed by atoms with Crippen LogP contribution in [0.4, 0.5) is 0 Å². The number of hydrogen-bond acceptors (Lipinski definition) is 4. The Kier molecular flexibility index (Phi) is 4.57. The summed E-state index contributed by atoms with van der Waals surface area (Å²) in [5, 5.41) is 4.15. The summed E-state index contributed by atoms with van der Waals surface area (Å²) in [6, 6.07) is 19.7. The number of pyridine rings is 2. The second-order valence-corrected chi connectivity index (χ2v) is 7.21. The van der Waals surface area contributed by atoms with E-state index in [4.69, 9.17) is 16.6 Å². The lowest BCUT2D eigenvalue weighted by molar-refractivity contribution is 0.280. The van der Waals surface area contributed by atoms with Crippen LogP contribution in [-0.4, -0.2) is 24.5 Å². The van der Waals surface area contributed by atoms with Gasteiger partial charge in [0.05, 0.1) is 30.6 Å². The molecule has 0 saturated carbocycles. The van der Waals surface area contributed by atoms with Crippen molar-refractivity contribution in [1.29, 1.82) is 0 Å². The van der Waals surface area contributed by atoms with E-state index in [1.807, 2.05) is 67.0 Å². The normalized spacial score (nSPS) is 18.8. The Bertz CT molecular complexity index is 1090. The summed E-state index contributed by atoms with van der Waals surface area (Å²) in [6.45, 7) is 0.570. The number of hydrogen-bond donors (Lipinski definition) is 1. The molecule has 0 unspecified atom stereocenters. The molecule has 1 aliphatic heterocycles. The molecule has 0 spiro atoms. The largest absolute Gasteiger partial charge is 0.467 e. The van der Waals surface area contributed by atoms with Crippen molar-refractivity contribution in [2.45, 2.75) is 18.6 Å². The third-order valence-electron chi connectivity index (χ3n) is 5.08. The summed E-state index contributed by atoms with van der Waals surface area (Å²) in [6.07, 6.45) is 7.32. The van der Waals surface area contributed by atoms with Crippen LogP contribution in [0.2, 0.25) is 0 Å². The lowest BCUT2D eigenvalue weighted by Gasteiger charge is -2.28. The van der Waals surface area contributed by atoms with Crippen molar-refractivity contribution in [3.05, 3.63) is 103 Å². The molecule has 0 aliphatic carbocycles. The minimum absolute atomic E-state index is 0.0699. The molecule has 4 aromatic rings. The molecule has 144 valence electrons. The molecule has 1 saturated heterocycles. The SMILES string of the molecule is S=C1N[C@@H](c2ccccn2)[C@@H](c2cccn2-c2ccccn2)N1Cc1ccco1. The van der Waals surface area contributed by atoms with Crippen molar-refractivity contribution in [2.75, 3.05) is 0 Å². The Morgan fingerprint density at radius 2 is 1.83 bits per heavy atom. The maximum absolute atomic E-state index is 5.72. The van der Waals surface area contributed by atoms with E-state index in [0.29, 0.717) is 11.7 Å². The molecule has 1 aliphatic rings. The second kappa shape index (κ2) is 7.52. The van der Waals surface area contributed by atoms with E-state index in [2.05, 4.69) is 30.8 Å². The van der Waals surface area contributed by atoms with Gasteiger partial charge in [0.25, 0.3) is 0 Å². The van der Waals surface area contributed by atoms with E-state index in [-0.39, 0.29) is 12.1 Å². The zero-order valence-corrected chi connectivity index (χ0v) is 16.4. The van der Waals surface area contributed by atoms with Gasteiger partial charge in [-0.05, 0) is 60.7 Å². The average Bonchev–Trinajstić information content (AvgIpc) is 3.51. The zero-order valence-electron chi connectivity index (χ0n) is 15.6. The third-order valence-corrected chi connectivity index (χ3v) is 5.44. The summed E-state index contributed by atoms with van der Waals surface area (Å²) in [7, 11) is 0. The van der Waals surface area contributed by atoms with E-state index in [1.54, 1.807) is 12.5 Å². The van der Waals surface area contributed by atoms with E-state index in [9.17, 15) is 0 Å². The molecule has 5 heterocycles. The van der Waals surface area contributed by atoms with Crippen molar-refractivity contribution >= 4 is 17.3 Å². The molecule has 1 N–H and O–H groups in total. The van der Waals surface area contributed by atoms with Gasteiger partial charge in [0.2, 0.25) is 0 Å². The Morgan fingerprint density at radius 1 is 0.966 bits per heavy atom. The van der Waals surface area contributed by atoms with Gasteiger partial charge in [0.15, 0.2) is 5.11 Å². The average molecular weight is 401 g/mol. The predicted octanol–water partition coefficient (Wildman–Crippen LogP) is 4.03. The van der Waals surface area contributed by atoms with Crippen LogP contribution >= 0.6 is 12.2 Å². The lowest BCUT2D eigenvalue weighted by atomic mass is 10.0. The first-order chi connectivity index (χ1) is 14.3. The predicted molar refractivity (Wildman–Crippen MR) is 113 cm³/mol. The molecule has 0 amide bonds. The van der Waals surface area contributed by atoms with Gasteiger partial charge in [-0.1, -0.05) is 12.1 Å². The summed E-state index contributed by atoms with van der Waals surface area (Å²) in [5.74, 6) is 1.72. The molecule has 0 bridgehead atoms. The number of nitrogens with one attached hydrogen (secondary N) is 1. The Labute approximate surface area is 173 Å². The number of aromatic nitrogens is 3. The van der Waals surface area contributed by atoms with Gasteiger partial charge in [0.1, 0.15) is 11.6 Å². The summed E-state index contributed by atoms with van der Waals surface area (Å²) < 4.78 is 7.70. The molecule has 4 aromatic heterocycles. The standard InChI is InChI=1S/C22H19N5OS/c29-22-25-20(17-8-1-3-11-23-17)21(27(22)15-16-7-6-14-28-16)18-9-5-13-26(18)19-10-2-4-12-24-19/h1-14,20-21H,15H2,(H,25,29)/t20-,21+/m0/s1. The number of thiocarbonyl (C=S) groups is 1. The van der Waals surface area contributed by atoms with Crippen molar-refractivity contribution in [3.8, 4) is 5.82 Å². The van der Waals surface area contributed by atoms with Gasteiger partial charge >= 0.3 is 0 Å². The van der Waals surface area contributed by atoms with Gasteiger partial charge in [-0.3, -0.25) is 4.98 Å². The lowest BCUT2D eigenvalue weighted by Crippen LogP contribution is -2.29. The molecular formula is C22H19N5OS. The van der Waals surface area contributed by atoms with Crippen LogP contribution in [0.25, 0.3) is 5.82 Å². The minimum atomic E-state index is -0.0870. The summed E-state index contributed by atoms with van der Waals surface area (Å²) >= 11 is 5.72. The maximum Gasteiger partial charge on any atom is 0.170 e. The number of furan rings is 1. The van der Waals surface area contributed by atoms with E-state index >= 15 is 0 Å². The first kappa shape index (κ1) is 17.6. The van der Waals surface area contributed by atoms with Crippen molar-refractivity contribution in [1.82, 2.24) is 24.8 Å². The van der Waals surface area contributed by atoms with E-state index in [0.717, 1.165) is 23.0 Å². The Hall–Kier alpha value is -3.45. The van der Waals surface area contributed by atoms with Gasteiger partial charge < -0.3 is 19.2 Å². The first-order valence-corrected chi connectivity index (χ1v) is 9.81. The maximum atomic E-state index is 5.72. The topological polar surface area (TPSA) is 59.1 Å². The van der Waals surface area contributed by atoms with Crippen molar-refractivity contribution in [3.63, 3.8) is 0 Å². The summed E-state index contributed by atoms with van der Waals surface area (Å²) in [5.41, 5.74) is 2.02. The molecule has 0 radical (unpaired) electrons. The van der Waals surface area contributed by atoms with Crippen LogP contribution in [0.1, 0.15) is 29.2 Å². The Balaban J connectivity index is 1.61. The second-order valence-electron chi connectivity index (χ2n) is 6.82. The minimum Gasteiger partial charge on any atom is -0.467 e. The number of nitrogens with zero attached hydrogens (tertiary/aromatic N) is 4. The van der Waals surface area contributed by atoms with Crippen molar-refractivity contribution < 1.29 is 4.42 Å². The van der Waals surface area contributed by atoms with Crippen LogP contribution in [0.15, 0.2) is 89.9 Å². The van der Waals surface area contributed by atoms with Gasteiger partial charge in [-0.25, -0.2) is 4.98 Å². The third kappa shape index (κ3) is 3.30. The molecule has 7 heteroatoms. The molecule has 5 rings (SSSR count). The van der Waals surface area contributed by atoms with Crippen LogP contribution in [-0.2, 0) is 6.54 Å². The van der Waals surface area contributed by atoms with Crippen molar-refractivity contribution in [2.24, 2.45) is 0 Å². The molecule has 2 atom stereocenters. The first-order valence-electron chi connectivity index (χ1n) is 9.40. The highest BCUT2D eigenvalue weighted by molar-refractivity contribution is 7.80. The van der Waals surface area contributed by atoms with E-state index < -0.39 is 0 Å². The fourth-order valence-corrected chi connectivity index (χ4v) is 4.11. The smallest absolute Gasteiger partial charge is 0.170 e. The number of rotatable bonds is 5. The molecule has 1 fully saturated rings. The quantitative estimate of drug-likeness (QED) is 0.510. The highest BCUT2D eigenvalue weighted by Crippen LogP contribution is 2.40. The van der Waals surface area contributed by atoms with Crippen LogP contribution in [0.5, 0.6) is 0 Å². The van der Waals surface area contributed by atoms with Gasteiger partial charge in [-0.15, -0.1) is 0 Å². The van der Waals surface area contributed by atoms with E-state index in [1.165, 1.54) is 0 Å². The molecule has 0 aromatic carbocycles. The highest BCUT2D eigenvalue weighted by atomic mass is 32.1. The molecule has 6 nitrogen and oxygen atoms in total. The Morgan fingerprint density at radius 3 is 2.55 bits per heavy atom. The fraction of sp³-hybridized carbons (Fsp3) is 0.136. The fourth-order valence-electron chi connectivity index (χ4n) is 3.81. The van der Waals surface area contributed by atoms with Crippen LogP contribution in [0, 0.1) is 0 Å². The monoisotopic (exact) mass is 401 g/mol. The highest BCUT2D eigenvalue weighted by Gasteiger charge is 2.41. The van der Waals surface area contributed by atoms with Crippen LogP contribution < -0.4 is 5.32 Å². The van der Waals surface area contributed by atoms with Crippen LogP contribution in [0.3, 0.4) is 0 Å². The zero-order chi connectivity index (χ0) is 19.6. The van der Waals surface area contributed by atoms with Gasteiger partial charge in [-0.2, -0.15) is 0 Å². The molecular weight excluding hydrogens is 382 g/mol. The summed E-state index contributed by atoms with van der Waals surface area (Å²) in [4.78, 5) is 11.3. The van der Waals surface area contributed by atoms with Gasteiger partial charge in [0, 0.05) is 24.3 Å². The molecule has 29 heavy (non-hydrogen) atoms.